The summed E-state index contributed by atoms with van der Waals surface area (Å²) >= 11 is 7.65. The van der Waals surface area contributed by atoms with Crippen molar-refractivity contribution in [2.75, 3.05) is 19.5 Å². The standard InChI is InChI=1S/C27H31ClFNO4S/c1-5-7-13-34-27(32)30-15-22(20-10-8-9-18(16-35-4)25(20)30)24(17(3)26(31)33-6-2)21-12-11-19(28)14-23(21)29/h8-12,14-15,17,24H,5-7,13,16H2,1-4H3. The van der Waals surface area contributed by atoms with Gasteiger partial charge in [-0.25, -0.2) is 9.18 Å². The average molecular weight is 520 g/mol. The van der Waals surface area contributed by atoms with Gasteiger partial charge in [-0.2, -0.15) is 11.8 Å². The van der Waals surface area contributed by atoms with E-state index < -0.39 is 29.7 Å². The highest BCUT2D eigenvalue weighted by molar-refractivity contribution is 7.97. The number of nitrogens with zero attached hydrogens (tertiary/aromatic N) is 1. The first-order chi connectivity index (χ1) is 16.8. The van der Waals surface area contributed by atoms with E-state index in [2.05, 4.69) is 0 Å². The molecule has 0 amide bonds. The van der Waals surface area contributed by atoms with Crippen LogP contribution < -0.4 is 0 Å². The number of hydrogen-bond acceptors (Lipinski definition) is 5. The van der Waals surface area contributed by atoms with E-state index in [1.165, 1.54) is 10.6 Å². The van der Waals surface area contributed by atoms with Crippen molar-refractivity contribution in [1.29, 1.82) is 0 Å². The molecule has 3 aromatic rings. The van der Waals surface area contributed by atoms with Crippen LogP contribution in [-0.4, -0.2) is 36.1 Å². The Morgan fingerprint density at radius 3 is 2.57 bits per heavy atom. The minimum Gasteiger partial charge on any atom is -0.466 e. The molecule has 188 valence electrons. The molecule has 0 bridgehead atoms. The molecule has 0 aliphatic carbocycles. The van der Waals surface area contributed by atoms with Crippen molar-refractivity contribution in [3.63, 3.8) is 0 Å². The highest BCUT2D eigenvalue weighted by Crippen LogP contribution is 2.40. The summed E-state index contributed by atoms with van der Waals surface area (Å²) < 4.78 is 27.5. The normalized spacial score (nSPS) is 13.0. The molecule has 0 radical (unpaired) electrons. The van der Waals surface area contributed by atoms with Gasteiger partial charge in [-0.15, -0.1) is 0 Å². The van der Waals surface area contributed by atoms with Crippen LogP contribution in [0.4, 0.5) is 9.18 Å². The van der Waals surface area contributed by atoms with Crippen LogP contribution in [0, 0.1) is 11.7 Å². The zero-order valence-electron chi connectivity index (χ0n) is 20.5. The zero-order chi connectivity index (χ0) is 25.5. The smallest absolute Gasteiger partial charge is 0.418 e. The minimum atomic E-state index is -0.718. The number of para-hydroxylation sites is 1. The van der Waals surface area contributed by atoms with Crippen molar-refractivity contribution in [2.24, 2.45) is 5.92 Å². The van der Waals surface area contributed by atoms with E-state index in [1.807, 2.05) is 31.4 Å². The molecule has 35 heavy (non-hydrogen) atoms. The lowest BCUT2D eigenvalue weighted by Gasteiger charge is -2.24. The number of benzene rings is 2. The quantitative estimate of drug-likeness (QED) is 0.206. The predicted octanol–water partition coefficient (Wildman–Crippen LogP) is 7.41. The van der Waals surface area contributed by atoms with E-state index in [-0.39, 0.29) is 11.6 Å². The zero-order valence-corrected chi connectivity index (χ0v) is 22.0. The summed E-state index contributed by atoms with van der Waals surface area (Å²) in [6.07, 6.45) is 4.83. The van der Waals surface area contributed by atoms with Gasteiger partial charge in [0, 0.05) is 28.3 Å². The Morgan fingerprint density at radius 1 is 1.14 bits per heavy atom. The van der Waals surface area contributed by atoms with E-state index in [0.29, 0.717) is 29.0 Å². The van der Waals surface area contributed by atoms with Gasteiger partial charge in [0.15, 0.2) is 0 Å². The molecule has 8 heteroatoms. The van der Waals surface area contributed by atoms with Gasteiger partial charge in [0.05, 0.1) is 24.6 Å². The van der Waals surface area contributed by atoms with Crippen LogP contribution in [0.1, 0.15) is 56.2 Å². The lowest BCUT2D eigenvalue weighted by Crippen LogP contribution is -2.23. The van der Waals surface area contributed by atoms with Crippen LogP contribution in [0.2, 0.25) is 5.02 Å². The summed E-state index contributed by atoms with van der Waals surface area (Å²) in [7, 11) is 0. The Hall–Kier alpha value is -2.51. The molecule has 3 rings (SSSR count). The Balaban J connectivity index is 2.26. The maximum atomic E-state index is 15.2. The fourth-order valence-electron chi connectivity index (χ4n) is 4.29. The van der Waals surface area contributed by atoms with Crippen molar-refractivity contribution in [1.82, 2.24) is 4.57 Å². The minimum absolute atomic E-state index is 0.211. The molecule has 2 atom stereocenters. The van der Waals surface area contributed by atoms with Gasteiger partial charge in [0.2, 0.25) is 0 Å². The Labute approximate surface area is 214 Å². The SMILES string of the molecule is CCCCOC(=O)n1cc(C(c2ccc(Cl)cc2F)C(C)C(=O)OCC)c2cccc(CSC)c21. The van der Waals surface area contributed by atoms with Crippen LogP contribution in [0.3, 0.4) is 0 Å². The van der Waals surface area contributed by atoms with Crippen molar-refractivity contribution >= 4 is 46.3 Å². The second-order valence-corrected chi connectivity index (χ2v) is 9.66. The molecule has 2 aromatic carbocycles. The third kappa shape index (κ3) is 6.01. The number of carbonyl (C=O) groups excluding carboxylic acids is 2. The monoisotopic (exact) mass is 519 g/mol. The summed E-state index contributed by atoms with van der Waals surface area (Å²) in [4.78, 5) is 26.0. The maximum Gasteiger partial charge on any atom is 0.418 e. The number of ether oxygens (including phenoxy) is 2. The number of carbonyl (C=O) groups is 2. The third-order valence-corrected chi connectivity index (χ3v) is 6.79. The van der Waals surface area contributed by atoms with E-state index >= 15 is 4.39 Å². The van der Waals surface area contributed by atoms with Gasteiger partial charge in [-0.05, 0) is 48.4 Å². The summed E-state index contributed by atoms with van der Waals surface area (Å²) in [5.74, 6) is -1.71. The summed E-state index contributed by atoms with van der Waals surface area (Å²) in [6.45, 7) is 5.99. The number of fused-ring (bicyclic) bond motifs is 1. The molecule has 5 nitrogen and oxygen atoms in total. The van der Waals surface area contributed by atoms with Gasteiger partial charge in [-0.1, -0.05) is 56.1 Å². The number of hydrogen-bond donors (Lipinski definition) is 0. The molecule has 0 aliphatic heterocycles. The van der Waals surface area contributed by atoms with Gasteiger partial charge < -0.3 is 9.47 Å². The Kier molecular flexibility index (Phi) is 9.63. The number of thioether (sulfide) groups is 1. The maximum absolute atomic E-state index is 15.2. The van der Waals surface area contributed by atoms with Gasteiger partial charge in [0.25, 0.3) is 0 Å². The first-order valence-corrected chi connectivity index (χ1v) is 13.5. The molecule has 0 saturated carbocycles. The molecular weight excluding hydrogens is 489 g/mol. The fraction of sp³-hybridized carbons (Fsp3) is 0.407. The number of aromatic nitrogens is 1. The lowest BCUT2D eigenvalue weighted by molar-refractivity contribution is -0.147. The average Bonchev–Trinajstić information content (AvgIpc) is 3.21. The molecule has 0 aliphatic rings. The highest BCUT2D eigenvalue weighted by atomic mass is 35.5. The van der Waals surface area contributed by atoms with Crippen molar-refractivity contribution < 1.29 is 23.5 Å². The summed E-state index contributed by atoms with van der Waals surface area (Å²) in [5, 5.41) is 1.03. The topological polar surface area (TPSA) is 57.5 Å². The van der Waals surface area contributed by atoms with Crippen molar-refractivity contribution in [2.45, 2.75) is 45.3 Å². The lowest BCUT2D eigenvalue weighted by atomic mass is 9.81. The van der Waals surface area contributed by atoms with E-state index in [4.69, 9.17) is 21.1 Å². The molecule has 2 unspecified atom stereocenters. The van der Waals surface area contributed by atoms with Gasteiger partial charge in [-0.3, -0.25) is 9.36 Å². The number of esters is 1. The van der Waals surface area contributed by atoms with Crippen LogP contribution in [-0.2, 0) is 20.0 Å². The van der Waals surface area contributed by atoms with Gasteiger partial charge in [0.1, 0.15) is 5.82 Å². The van der Waals surface area contributed by atoms with E-state index in [9.17, 15) is 9.59 Å². The van der Waals surface area contributed by atoms with Crippen LogP contribution in [0.5, 0.6) is 0 Å². The van der Waals surface area contributed by atoms with Crippen molar-refractivity contribution in [3.05, 3.63) is 70.1 Å². The molecule has 0 saturated heterocycles. The fourth-order valence-corrected chi connectivity index (χ4v) is 4.99. The van der Waals surface area contributed by atoms with Crippen LogP contribution >= 0.6 is 23.4 Å². The van der Waals surface area contributed by atoms with E-state index in [1.54, 1.807) is 43.9 Å². The van der Waals surface area contributed by atoms with Crippen molar-refractivity contribution in [3.8, 4) is 0 Å². The Morgan fingerprint density at radius 2 is 1.91 bits per heavy atom. The predicted molar refractivity (Wildman–Crippen MR) is 140 cm³/mol. The number of rotatable bonds is 10. The number of unbranched alkanes of at least 4 members (excludes halogenated alkanes) is 1. The second-order valence-electron chi connectivity index (χ2n) is 8.35. The first-order valence-electron chi connectivity index (χ1n) is 11.7. The summed E-state index contributed by atoms with van der Waals surface area (Å²) in [6, 6.07) is 10.2. The second kappa shape index (κ2) is 12.5. The number of halogens is 2. The molecule has 0 spiro atoms. The van der Waals surface area contributed by atoms with Crippen LogP contribution in [0.15, 0.2) is 42.6 Å². The molecule has 1 aromatic heterocycles. The van der Waals surface area contributed by atoms with E-state index in [0.717, 1.165) is 23.8 Å². The molecular formula is C27H31ClFNO4S. The molecule has 1 heterocycles. The van der Waals surface area contributed by atoms with Gasteiger partial charge >= 0.3 is 12.1 Å². The molecule has 0 fully saturated rings. The Bertz CT molecular complexity index is 1200. The largest absolute Gasteiger partial charge is 0.466 e. The first kappa shape index (κ1) is 27.1. The third-order valence-electron chi connectivity index (χ3n) is 5.95. The van der Waals surface area contributed by atoms with Crippen LogP contribution in [0.25, 0.3) is 10.9 Å². The summed E-state index contributed by atoms with van der Waals surface area (Å²) in [5.41, 5.74) is 2.61. The molecule has 0 N–H and O–H groups in total. The highest BCUT2D eigenvalue weighted by Gasteiger charge is 2.34.